The quantitative estimate of drug-likeness (QED) is 0.400. The summed E-state index contributed by atoms with van der Waals surface area (Å²) in [5.41, 5.74) is 1.48. The standard InChI is InChI=1S/C9H7F7/c1-3-4-6(2)5-7(10,11)8(12,13)9(14,15)16/h4-5H,1H2,2H3. The zero-order valence-electron chi connectivity index (χ0n) is 8.01. The summed E-state index contributed by atoms with van der Waals surface area (Å²) in [4.78, 5) is 0. The molecule has 0 saturated heterocycles. The Kier molecular flexibility index (Phi) is 4.00. The van der Waals surface area contributed by atoms with Gasteiger partial charge < -0.3 is 0 Å². The fourth-order valence-corrected chi connectivity index (χ4v) is 0.768. The van der Waals surface area contributed by atoms with Gasteiger partial charge in [0.15, 0.2) is 0 Å². The molecule has 0 aliphatic carbocycles. The molecule has 7 heteroatoms. The minimum absolute atomic E-state index is 0.474. The van der Waals surface area contributed by atoms with Crippen molar-refractivity contribution in [3.63, 3.8) is 0 Å². The van der Waals surface area contributed by atoms with Gasteiger partial charge in [0.2, 0.25) is 0 Å². The van der Waals surface area contributed by atoms with E-state index in [9.17, 15) is 30.7 Å². The second-order valence-corrected chi connectivity index (χ2v) is 2.93. The molecule has 0 aromatic heterocycles. The van der Waals surface area contributed by atoms with Gasteiger partial charge in [-0.25, -0.2) is 0 Å². The van der Waals surface area contributed by atoms with E-state index in [1.165, 1.54) is 0 Å². The van der Waals surface area contributed by atoms with Crippen LogP contribution in [-0.4, -0.2) is 18.0 Å². The molecule has 0 nitrogen and oxygen atoms in total. The zero-order valence-corrected chi connectivity index (χ0v) is 8.01. The minimum Gasteiger partial charge on any atom is -0.195 e. The molecule has 0 N–H and O–H groups in total. The minimum atomic E-state index is -6.31. The van der Waals surface area contributed by atoms with Crippen LogP contribution in [0.1, 0.15) is 6.92 Å². The van der Waals surface area contributed by atoms with E-state index < -0.39 is 29.7 Å². The summed E-state index contributed by atoms with van der Waals surface area (Å²) in [6.07, 6.45) is -6.02. The number of halogens is 7. The first-order valence-corrected chi connectivity index (χ1v) is 3.83. The molecular weight excluding hydrogens is 241 g/mol. The Morgan fingerprint density at radius 3 is 1.81 bits per heavy atom. The van der Waals surface area contributed by atoms with Gasteiger partial charge >= 0.3 is 18.0 Å². The van der Waals surface area contributed by atoms with Crippen molar-refractivity contribution in [1.82, 2.24) is 0 Å². The van der Waals surface area contributed by atoms with Crippen molar-refractivity contribution < 1.29 is 30.7 Å². The Bertz CT molecular complexity index is 328. The predicted octanol–water partition coefficient (Wildman–Crippen LogP) is 4.11. The lowest BCUT2D eigenvalue weighted by atomic mass is 10.1. The molecular formula is C9H7F7. The molecule has 0 saturated carbocycles. The van der Waals surface area contributed by atoms with E-state index in [2.05, 4.69) is 6.58 Å². The van der Waals surface area contributed by atoms with Crippen LogP contribution in [0, 0.1) is 0 Å². The molecule has 0 rings (SSSR count). The van der Waals surface area contributed by atoms with Crippen LogP contribution in [0.3, 0.4) is 0 Å². The van der Waals surface area contributed by atoms with Crippen LogP contribution in [0.15, 0.2) is 30.0 Å². The van der Waals surface area contributed by atoms with Crippen molar-refractivity contribution in [3.8, 4) is 0 Å². The lowest BCUT2D eigenvalue weighted by molar-refractivity contribution is -0.341. The predicted molar refractivity (Wildman–Crippen MR) is 43.4 cm³/mol. The van der Waals surface area contributed by atoms with Gasteiger partial charge in [-0.15, -0.1) is 5.73 Å². The fourth-order valence-electron chi connectivity index (χ4n) is 0.768. The summed E-state index contributed by atoms with van der Waals surface area (Å²) in [5, 5.41) is 0. The second kappa shape index (κ2) is 4.33. The van der Waals surface area contributed by atoms with Crippen molar-refractivity contribution in [2.45, 2.75) is 24.9 Å². The van der Waals surface area contributed by atoms with Crippen LogP contribution >= 0.6 is 0 Å². The third-order valence-electron chi connectivity index (χ3n) is 1.51. The van der Waals surface area contributed by atoms with E-state index in [0.717, 1.165) is 13.0 Å². The highest BCUT2D eigenvalue weighted by atomic mass is 19.4. The molecule has 0 atom stereocenters. The summed E-state index contributed by atoms with van der Waals surface area (Å²) in [5.74, 6) is -11.4. The molecule has 16 heavy (non-hydrogen) atoms. The first-order valence-electron chi connectivity index (χ1n) is 3.83. The Labute approximate surface area is 86.7 Å². The van der Waals surface area contributed by atoms with Gasteiger partial charge in [-0.1, -0.05) is 6.58 Å². The Morgan fingerprint density at radius 2 is 1.50 bits per heavy atom. The largest absolute Gasteiger partial charge is 0.460 e. The fraction of sp³-hybridized carbons (Fsp3) is 0.444. The molecule has 0 fully saturated rings. The molecule has 0 radical (unpaired) electrons. The van der Waals surface area contributed by atoms with Gasteiger partial charge in [0.05, 0.1) is 0 Å². The van der Waals surface area contributed by atoms with Crippen molar-refractivity contribution in [3.05, 3.63) is 30.0 Å². The maximum atomic E-state index is 12.7. The summed E-state index contributed by atoms with van der Waals surface area (Å²) < 4.78 is 85.0. The van der Waals surface area contributed by atoms with Crippen LogP contribution in [0.5, 0.6) is 0 Å². The summed E-state index contributed by atoms with van der Waals surface area (Å²) in [7, 11) is 0. The maximum Gasteiger partial charge on any atom is 0.460 e. The maximum absolute atomic E-state index is 12.7. The SMILES string of the molecule is C=C=CC(C)=CC(F)(F)C(F)(F)C(F)(F)F. The summed E-state index contributed by atoms with van der Waals surface area (Å²) in [6, 6.07) is 0. The van der Waals surface area contributed by atoms with E-state index in [1.54, 1.807) is 0 Å². The van der Waals surface area contributed by atoms with Crippen LogP contribution in [0.4, 0.5) is 30.7 Å². The average Bonchev–Trinajstić information content (AvgIpc) is 2.00. The zero-order chi connectivity index (χ0) is 13.2. The normalized spacial score (nSPS) is 14.6. The number of alkyl halides is 7. The Balaban J connectivity index is 5.37. The molecule has 0 bridgehead atoms. The van der Waals surface area contributed by atoms with Crippen LogP contribution in [-0.2, 0) is 0 Å². The Morgan fingerprint density at radius 1 is 1.06 bits per heavy atom. The van der Waals surface area contributed by atoms with Gasteiger partial charge in [-0.3, -0.25) is 0 Å². The van der Waals surface area contributed by atoms with Crippen LogP contribution < -0.4 is 0 Å². The number of hydrogen-bond acceptors (Lipinski definition) is 0. The summed E-state index contributed by atoms with van der Waals surface area (Å²) >= 11 is 0. The highest BCUT2D eigenvalue weighted by Gasteiger charge is 2.71. The molecule has 0 aliphatic heterocycles. The monoisotopic (exact) mass is 248 g/mol. The van der Waals surface area contributed by atoms with Gasteiger partial charge in [-0.05, 0) is 24.6 Å². The topological polar surface area (TPSA) is 0 Å². The molecule has 0 aromatic rings. The van der Waals surface area contributed by atoms with Gasteiger partial charge in [0.1, 0.15) is 0 Å². The molecule has 0 aliphatic rings. The lowest BCUT2D eigenvalue weighted by Crippen LogP contribution is -2.50. The molecule has 92 valence electrons. The highest BCUT2D eigenvalue weighted by Crippen LogP contribution is 2.47. The third-order valence-corrected chi connectivity index (χ3v) is 1.51. The van der Waals surface area contributed by atoms with Crippen molar-refractivity contribution in [2.75, 3.05) is 0 Å². The lowest BCUT2D eigenvalue weighted by Gasteiger charge is -2.26. The highest BCUT2D eigenvalue weighted by molar-refractivity contribution is 5.20. The number of allylic oxidation sites excluding steroid dienone is 3. The smallest absolute Gasteiger partial charge is 0.195 e. The molecule has 0 spiro atoms. The third kappa shape index (κ3) is 2.88. The van der Waals surface area contributed by atoms with Gasteiger partial charge in [-0.2, -0.15) is 30.7 Å². The second-order valence-electron chi connectivity index (χ2n) is 2.93. The van der Waals surface area contributed by atoms with Crippen LogP contribution in [0.2, 0.25) is 0 Å². The number of rotatable bonds is 3. The average molecular weight is 248 g/mol. The van der Waals surface area contributed by atoms with E-state index in [4.69, 9.17) is 0 Å². The van der Waals surface area contributed by atoms with E-state index >= 15 is 0 Å². The Hall–Kier alpha value is -1.23. The van der Waals surface area contributed by atoms with E-state index in [-0.39, 0.29) is 0 Å². The van der Waals surface area contributed by atoms with E-state index in [1.807, 2.05) is 5.73 Å². The molecule has 0 amide bonds. The van der Waals surface area contributed by atoms with Crippen molar-refractivity contribution >= 4 is 0 Å². The van der Waals surface area contributed by atoms with Crippen LogP contribution in [0.25, 0.3) is 0 Å². The number of hydrogen-bond donors (Lipinski definition) is 0. The van der Waals surface area contributed by atoms with Gasteiger partial charge in [0.25, 0.3) is 0 Å². The van der Waals surface area contributed by atoms with E-state index in [0.29, 0.717) is 0 Å². The molecule has 0 heterocycles. The molecule has 0 aromatic carbocycles. The summed E-state index contributed by atoms with van der Waals surface area (Å²) in [6.45, 7) is 3.89. The first-order chi connectivity index (χ1) is 6.95. The van der Waals surface area contributed by atoms with Crippen molar-refractivity contribution in [2.24, 2.45) is 0 Å². The first kappa shape index (κ1) is 14.8. The van der Waals surface area contributed by atoms with Crippen molar-refractivity contribution in [1.29, 1.82) is 0 Å². The molecule has 0 unspecified atom stereocenters. The van der Waals surface area contributed by atoms with Gasteiger partial charge in [0, 0.05) is 0 Å².